The summed E-state index contributed by atoms with van der Waals surface area (Å²) in [4.78, 5) is 15.1. The zero-order chi connectivity index (χ0) is 23.5. The van der Waals surface area contributed by atoms with Gasteiger partial charge in [-0.25, -0.2) is 0 Å². The molecule has 0 spiro atoms. The number of aryl methyl sites for hydroxylation is 1. The van der Waals surface area contributed by atoms with Crippen molar-refractivity contribution in [1.82, 2.24) is 19.8 Å². The first-order chi connectivity index (χ1) is 17.4. The lowest BCUT2D eigenvalue weighted by Gasteiger charge is -2.35. The fourth-order valence-electron chi connectivity index (χ4n) is 6.20. The lowest BCUT2D eigenvalue weighted by molar-refractivity contribution is 0.0365. The predicted molar refractivity (Wildman–Crippen MR) is 139 cm³/mol. The van der Waals surface area contributed by atoms with E-state index in [0.29, 0.717) is 6.04 Å². The van der Waals surface area contributed by atoms with Crippen molar-refractivity contribution in [2.24, 2.45) is 0 Å². The van der Waals surface area contributed by atoms with Gasteiger partial charge in [0.15, 0.2) is 0 Å². The first-order valence-electron chi connectivity index (χ1n) is 13.4. The molecule has 3 aliphatic rings. The molecular formula is C30H36N4O. The SMILES string of the molecule is c1ccc2c(c1)Cc1c-2ccnc1CN(CCCCN1CCOCC1)C1CCCc2cccnc21. The molecule has 3 aromatic rings. The summed E-state index contributed by atoms with van der Waals surface area (Å²) in [6.45, 7) is 7.06. The van der Waals surface area contributed by atoms with Crippen molar-refractivity contribution in [3.8, 4) is 11.1 Å². The standard InChI is InChI=1S/C30H36N4O/c1-2-10-25-24(7-1)21-27-26(25)12-14-31-28(27)22-34(16-4-3-15-33-17-19-35-20-18-33)29-11-5-8-23-9-6-13-32-30(23)29/h1-2,6-7,9-10,12-14,29H,3-5,8,11,15-22H2. The Bertz CT molecular complexity index is 1160. The molecule has 1 aromatic carbocycles. The summed E-state index contributed by atoms with van der Waals surface area (Å²) >= 11 is 0. The number of ether oxygens (including phenoxy) is 1. The van der Waals surface area contributed by atoms with E-state index in [1.807, 2.05) is 12.4 Å². The van der Waals surface area contributed by atoms with Crippen LogP contribution in [0.4, 0.5) is 0 Å². The summed E-state index contributed by atoms with van der Waals surface area (Å²) in [5.74, 6) is 0. The molecular weight excluding hydrogens is 432 g/mol. The molecule has 0 saturated carbocycles. The van der Waals surface area contributed by atoms with E-state index in [1.54, 1.807) is 0 Å². The molecule has 6 rings (SSSR count). The highest BCUT2D eigenvalue weighted by molar-refractivity contribution is 5.77. The van der Waals surface area contributed by atoms with E-state index in [9.17, 15) is 0 Å². The van der Waals surface area contributed by atoms with Crippen LogP contribution in [0.3, 0.4) is 0 Å². The van der Waals surface area contributed by atoms with Gasteiger partial charge in [-0.3, -0.25) is 19.8 Å². The minimum atomic E-state index is 0.379. The normalized spacial score (nSPS) is 19.4. The van der Waals surface area contributed by atoms with E-state index in [1.165, 1.54) is 71.4 Å². The highest BCUT2D eigenvalue weighted by atomic mass is 16.5. The summed E-state index contributed by atoms with van der Waals surface area (Å²) in [7, 11) is 0. The smallest absolute Gasteiger partial charge is 0.0607 e. The Hall–Kier alpha value is -2.60. The average Bonchev–Trinajstić information content (AvgIpc) is 3.30. The molecule has 1 unspecified atom stereocenters. The largest absolute Gasteiger partial charge is 0.379 e. The Kier molecular flexibility index (Phi) is 6.90. The lowest BCUT2D eigenvalue weighted by atomic mass is 9.90. The molecule has 3 heterocycles. The Labute approximate surface area is 209 Å². The van der Waals surface area contributed by atoms with Crippen molar-refractivity contribution in [2.45, 2.75) is 51.1 Å². The molecule has 2 aliphatic carbocycles. The molecule has 0 bridgehead atoms. The van der Waals surface area contributed by atoms with Gasteiger partial charge < -0.3 is 4.74 Å². The number of hydrogen-bond donors (Lipinski definition) is 0. The second-order valence-electron chi connectivity index (χ2n) is 10.2. The Balaban J connectivity index is 1.22. The molecule has 1 saturated heterocycles. The third-order valence-corrected chi connectivity index (χ3v) is 8.05. The van der Waals surface area contributed by atoms with Gasteiger partial charge >= 0.3 is 0 Å². The third kappa shape index (κ3) is 4.90. The minimum Gasteiger partial charge on any atom is -0.379 e. The predicted octanol–water partition coefficient (Wildman–Crippen LogP) is 5.04. The molecule has 2 aromatic heterocycles. The molecule has 0 amide bonds. The number of benzene rings is 1. The van der Waals surface area contributed by atoms with Crippen LogP contribution in [0.5, 0.6) is 0 Å². The molecule has 35 heavy (non-hydrogen) atoms. The van der Waals surface area contributed by atoms with Crippen molar-refractivity contribution in [2.75, 3.05) is 39.4 Å². The second kappa shape index (κ2) is 10.6. The zero-order valence-corrected chi connectivity index (χ0v) is 20.7. The van der Waals surface area contributed by atoms with Crippen molar-refractivity contribution in [1.29, 1.82) is 0 Å². The van der Waals surface area contributed by atoms with Gasteiger partial charge in [-0.15, -0.1) is 0 Å². The number of morpholine rings is 1. The number of rotatable bonds is 8. The summed E-state index contributed by atoms with van der Waals surface area (Å²) in [5.41, 5.74) is 9.58. The third-order valence-electron chi connectivity index (χ3n) is 8.05. The van der Waals surface area contributed by atoms with Gasteiger partial charge in [0.25, 0.3) is 0 Å². The minimum absolute atomic E-state index is 0.379. The van der Waals surface area contributed by atoms with Crippen LogP contribution in [0.25, 0.3) is 11.1 Å². The Morgan fingerprint density at radius 3 is 2.74 bits per heavy atom. The highest BCUT2D eigenvalue weighted by Gasteiger charge is 2.29. The van der Waals surface area contributed by atoms with Crippen molar-refractivity contribution < 1.29 is 4.74 Å². The van der Waals surface area contributed by atoms with Gasteiger partial charge in [0.05, 0.1) is 30.6 Å². The lowest BCUT2D eigenvalue weighted by Crippen LogP contribution is -2.37. The van der Waals surface area contributed by atoms with E-state index >= 15 is 0 Å². The highest BCUT2D eigenvalue weighted by Crippen LogP contribution is 2.39. The van der Waals surface area contributed by atoms with Gasteiger partial charge in [0.1, 0.15) is 0 Å². The molecule has 0 N–H and O–H groups in total. The van der Waals surface area contributed by atoms with Crippen LogP contribution in [0.15, 0.2) is 54.9 Å². The Morgan fingerprint density at radius 2 is 1.80 bits per heavy atom. The first kappa shape index (κ1) is 22.8. The average molecular weight is 469 g/mol. The van der Waals surface area contributed by atoms with E-state index in [-0.39, 0.29) is 0 Å². The van der Waals surface area contributed by atoms with E-state index in [2.05, 4.69) is 52.3 Å². The monoisotopic (exact) mass is 468 g/mol. The maximum Gasteiger partial charge on any atom is 0.0607 e. The summed E-state index contributed by atoms with van der Waals surface area (Å²) in [6.07, 6.45) is 11.0. The number of aromatic nitrogens is 2. The van der Waals surface area contributed by atoms with Crippen LogP contribution in [0.1, 0.15) is 59.8 Å². The number of fused-ring (bicyclic) bond motifs is 4. The molecule has 5 nitrogen and oxygen atoms in total. The van der Waals surface area contributed by atoms with Gasteiger partial charge in [-0.05, 0) is 85.1 Å². The maximum absolute atomic E-state index is 5.52. The van der Waals surface area contributed by atoms with Crippen LogP contribution in [0, 0.1) is 0 Å². The number of hydrogen-bond acceptors (Lipinski definition) is 5. The zero-order valence-electron chi connectivity index (χ0n) is 20.7. The van der Waals surface area contributed by atoms with Crippen LogP contribution >= 0.6 is 0 Å². The first-order valence-corrected chi connectivity index (χ1v) is 13.4. The van der Waals surface area contributed by atoms with Crippen molar-refractivity contribution in [3.05, 3.63) is 82.9 Å². The molecule has 5 heteroatoms. The fraction of sp³-hybridized carbons (Fsp3) is 0.467. The van der Waals surface area contributed by atoms with Crippen LogP contribution in [-0.4, -0.2) is 59.2 Å². The fourth-order valence-corrected chi connectivity index (χ4v) is 6.20. The maximum atomic E-state index is 5.52. The van der Waals surface area contributed by atoms with Gasteiger partial charge in [0.2, 0.25) is 0 Å². The van der Waals surface area contributed by atoms with E-state index in [0.717, 1.165) is 52.2 Å². The summed E-state index contributed by atoms with van der Waals surface area (Å²) in [6, 6.07) is 15.8. The summed E-state index contributed by atoms with van der Waals surface area (Å²) < 4.78 is 5.52. The second-order valence-corrected chi connectivity index (χ2v) is 10.2. The summed E-state index contributed by atoms with van der Waals surface area (Å²) in [5, 5.41) is 0. The number of nitrogens with zero attached hydrogens (tertiary/aromatic N) is 4. The molecule has 1 fully saturated rings. The Morgan fingerprint density at radius 1 is 0.914 bits per heavy atom. The molecule has 182 valence electrons. The van der Waals surface area contributed by atoms with Crippen molar-refractivity contribution in [3.63, 3.8) is 0 Å². The van der Waals surface area contributed by atoms with Crippen LogP contribution < -0.4 is 0 Å². The number of unbranched alkanes of at least 4 members (excludes halogenated alkanes) is 1. The van der Waals surface area contributed by atoms with Gasteiger partial charge in [0, 0.05) is 38.4 Å². The number of pyridine rings is 2. The van der Waals surface area contributed by atoms with Crippen molar-refractivity contribution >= 4 is 0 Å². The molecule has 1 atom stereocenters. The molecule has 1 aliphatic heterocycles. The quantitative estimate of drug-likeness (QED) is 0.339. The van der Waals surface area contributed by atoms with Gasteiger partial charge in [-0.2, -0.15) is 0 Å². The van der Waals surface area contributed by atoms with E-state index < -0.39 is 0 Å². The van der Waals surface area contributed by atoms with Gasteiger partial charge in [-0.1, -0.05) is 30.3 Å². The topological polar surface area (TPSA) is 41.5 Å². The van der Waals surface area contributed by atoms with Crippen LogP contribution in [-0.2, 0) is 24.1 Å². The van der Waals surface area contributed by atoms with Crippen LogP contribution in [0.2, 0.25) is 0 Å². The van der Waals surface area contributed by atoms with E-state index in [4.69, 9.17) is 14.7 Å². The molecule has 0 radical (unpaired) electrons.